The quantitative estimate of drug-likeness (QED) is 0.317. The molecule has 0 fully saturated rings. The average molecular weight is 566 g/mol. The summed E-state index contributed by atoms with van der Waals surface area (Å²) >= 11 is 0. The van der Waals surface area contributed by atoms with Gasteiger partial charge in [0.1, 0.15) is 18.3 Å². The van der Waals surface area contributed by atoms with Gasteiger partial charge < -0.3 is 15.0 Å². The van der Waals surface area contributed by atoms with E-state index in [0.717, 1.165) is 21.9 Å². The number of benzene rings is 3. The van der Waals surface area contributed by atoms with E-state index < -0.39 is 28.5 Å². The van der Waals surface area contributed by atoms with Crippen molar-refractivity contribution in [1.29, 1.82) is 0 Å². The Hall–Kier alpha value is -3.85. The van der Waals surface area contributed by atoms with E-state index >= 15 is 0 Å². The maximum absolute atomic E-state index is 14.1. The standard InChI is InChI=1S/C31H39N3O5S/c1-6-24(4)32-31(36)29(7-2)33(21-25-14-12-11-13-23(25)3)30(35)22-34(26-15-9-8-10-16-26)40(37,38)28-19-17-27(39-5)18-20-28/h8-20,24,29H,6-7,21-22H2,1-5H3,(H,32,36)/t24-,29+/m1/s1. The van der Waals surface area contributed by atoms with Crippen LogP contribution in [0, 0.1) is 6.92 Å². The molecule has 3 aromatic carbocycles. The molecule has 0 aliphatic carbocycles. The van der Waals surface area contributed by atoms with Crippen LogP contribution in [-0.2, 0) is 26.2 Å². The highest BCUT2D eigenvalue weighted by atomic mass is 32.2. The lowest BCUT2D eigenvalue weighted by Gasteiger charge is -2.34. The van der Waals surface area contributed by atoms with Crippen LogP contribution in [0.5, 0.6) is 5.75 Å². The number of hydrogen-bond donors (Lipinski definition) is 1. The van der Waals surface area contributed by atoms with Crippen molar-refractivity contribution in [3.05, 3.63) is 90.0 Å². The molecule has 0 radical (unpaired) electrons. The van der Waals surface area contributed by atoms with E-state index in [1.165, 1.54) is 24.1 Å². The first-order valence-electron chi connectivity index (χ1n) is 13.5. The van der Waals surface area contributed by atoms with Crippen LogP contribution in [-0.4, -0.2) is 50.9 Å². The second kappa shape index (κ2) is 14.0. The number of carbonyl (C=O) groups is 2. The van der Waals surface area contributed by atoms with Crippen LogP contribution in [0.15, 0.2) is 83.8 Å². The van der Waals surface area contributed by atoms with E-state index in [0.29, 0.717) is 17.9 Å². The minimum atomic E-state index is -4.13. The summed E-state index contributed by atoms with van der Waals surface area (Å²) in [5, 5.41) is 2.99. The Bertz CT molecular complexity index is 1380. The highest BCUT2D eigenvalue weighted by Gasteiger charge is 2.34. The number of nitrogens with one attached hydrogen (secondary N) is 1. The summed E-state index contributed by atoms with van der Waals surface area (Å²) in [6.07, 6.45) is 1.12. The Balaban J connectivity index is 2.04. The fourth-order valence-corrected chi connectivity index (χ4v) is 5.74. The Labute approximate surface area is 238 Å². The summed E-state index contributed by atoms with van der Waals surface area (Å²) in [6, 6.07) is 21.4. The third-order valence-electron chi connectivity index (χ3n) is 6.96. The number of para-hydroxylation sites is 1. The summed E-state index contributed by atoms with van der Waals surface area (Å²) in [5.74, 6) is -0.220. The van der Waals surface area contributed by atoms with Crippen molar-refractivity contribution in [2.24, 2.45) is 0 Å². The van der Waals surface area contributed by atoms with Crippen LogP contribution in [0.4, 0.5) is 5.69 Å². The molecule has 0 unspecified atom stereocenters. The maximum Gasteiger partial charge on any atom is 0.264 e. The summed E-state index contributed by atoms with van der Waals surface area (Å²) in [6.45, 7) is 7.38. The van der Waals surface area contributed by atoms with E-state index in [-0.39, 0.29) is 23.4 Å². The molecule has 2 amide bonds. The summed E-state index contributed by atoms with van der Waals surface area (Å²) in [5.41, 5.74) is 2.21. The zero-order chi connectivity index (χ0) is 29.3. The molecule has 0 aliphatic rings. The number of carbonyl (C=O) groups excluding carboxylic acids is 2. The van der Waals surface area contributed by atoms with E-state index in [1.54, 1.807) is 42.5 Å². The fourth-order valence-electron chi connectivity index (χ4n) is 4.33. The van der Waals surface area contributed by atoms with Crippen LogP contribution in [0.2, 0.25) is 0 Å². The van der Waals surface area contributed by atoms with Crippen molar-refractivity contribution in [2.75, 3.05) is 18.0 Å². The molecule has 0 aromatic heterocycles. The van der Waals surface area contributed by atoms with Crippen molar-refractivity contribution in [1.82, 2.24) is 10.2 Å². The predicted octanol–water partition coefficient (Wildman–Crippen LogP) is 4.92. The van der Waals surface area contributed by atoms with Gasteiger partial charge in [-0.25, -0.2) is 8.42 Å². The van der Waals surface area contributed by atoms with Crippen molar-refractivity contribution in [3.63, 3.8) is 0 Å². The number of hydrogen-bond acceptors (Lipinski definition) is 5. The van der Waals surface area contributed by atoms with Gasteiger partial charge in [-0.1, -0.05) is 56.3 Å². The van der Waals surface area contributed by atoms with E-state index in [1.807, 2.05) is 52.0 Å². The summed E-state index contributed by atoms with van der Waals surface area (Å²) < 4.78 is 34.1. The molecule has 214 valence electrons. The second-order valence-corrected chi connectivity index (χ2v) is 11.6. The molecular formula is C31H39N3O5S. The van der Waals surface area contributed by atoms with Gasteiger partial charge in [0, 0.05) is 12.6 Å². The lowest BCUT2D eigenvalue weighted by atomic mass is 10.1. The Morgan fingerprint density at radius 3 is 2.10 bits per heavy atom. The Morgan fingerprint density at radius 2 is 1.52 bits per heavy atom. The zero-order valence-corrected chi connectivity index (χ0v) is 24.6. The first kappa shape index (κ1) is 30.7. The van der Waals surface area contributed by atoms with Crippen molar-refractivity contribution in [3.8, 4) is 5.75 Å². The molecule has 9 heteroatoms. The molecule has 3 rings (SSSR count). The minimum absolute atomic E-state index is 0.0250. The molecule has 0 aliphatic heterocycles. The largest absolute Gasteiger partial charge is 0.497 e. The summed E-state index contributed by atoms with van der Waals surface area (Å²) in [4.78, 5) is 29.0. The smallest absolute Gasteiger partial charge is 0.264 e. The van der Waals surface area contributed by atoms with Crippen LogP contribution in [0.1, 0.15) is 44.7 Å². The normalized spacial score (nSPS) is 12.7. The molecule has 3 aromatic rings. The third kappa shape index (κ3) is 7.41. The van der Waals surface area contributed by atoms with Gasteiger partial charge in [-0.2, -0.15) is 0 Å². The Kier molecular flexibility index (Phi) is 10.7. The molecule has 0 saturated heterocycles. The number of sulfonamides is 1. The molecule has 0 spiro atoms. The maximum atomic E-state index is 14.1. The van der Waals surface area contributed by atoms with Gasteiger partial charge in [-0.3, -0.25) is 13.9 Å². The second-order valence-electron chi connectivity index (χ2n) is 9.71. The van der Waals surface area contributed by atoms with Crippen LogP contribution in [0.3, 0.4) is 0 Å². The molecule has 40 heavy (non-hydrogen) atoms. The van der Waals surface area contributed by atoms with Gasteiger partial charge in [0.25, 0.3) is 10.0 Å². The third-order valence-corrected chi connectivity index (χ3v) is 8.75. The zero-order valence-electron chi connectivity index (χ0n) is 23.8. The highest BCUT2D eigenvalue weighted by molar-refractivity contribution is 7.92. The first-order chi connectivity index (χ1) is 19.1. The lowest BCUT2D eigenvalue weighted by Crippen LogP contribution is -2.53. The molecular weight excluding hydrogens is 526 g/mol. The van der Waals surface area contributed by atoms with Crippen molar-refractivity contribution >= 4 is 27.5 Å². The van der Waals surface area contributed by atoms with Gasteiger partial charge in [-0.15, -0.1) is 0 Å². The number of rotatable bonds is 13. The van der Waals surface area contributed by atoms with Gasteiger partial charge >= 0.3 is 0 Å². The Morgan fingerprint density at radius 1 is 0.900 bits per heavy atom. The molecule has 1 N–H and O–H groups in total. The monoisotopic (exact) mass is 565 g/mol. The number of amides is 2. The van der Waals surface area contributed by atoms with Crippen molar-refractivity contribution < 1.29 is 22.7 Å². The minimum Gasteiger partial charge on any atom is -0.497 e. The van der Waals surface area contributed by atoms with E-state index in [4.69, 9.17) is 4.74 Å². The highest BCUT2D eigenvalue weighted by Crippen LogP contribution is 2.26. The lowest BCUT2D eigenvalue weighted by molar-refractivity contribution is -0.140. The fraction of sp³-hybridized carbons (Fsp3) is 0.355. The predicted molar refractivity (Wildman–Crippen MR) is 158 cm³/mol. The number of ether oxygens (including phenoxy) is 1. The molecule has 0 heterocycles. The van der Waals surface area contributed by atoms with Gasteiger partial charge in [0.15, 0.2) is 0 Å². The molecule has 8 nitrogen and oxygen atoms in total. The number of aryl methyl sites for hydroxylation is 1. The SMILES string of the molecule is CC[C@@H](C)NC(=O)[C@H](CC)N(Cc1ccccc1C)C(=O)CN(c1ccccc1)S(=O)(=O)c1ccc(OC)cc1. The molecule has 0 bridgehead atoms. The molecule has 2 atom stereocenters. The van der Waals surface area contributed by atoms with Gasteiger partial charge in [-0.05, 0) is 74.2 Å². The van der Waals surface area contributed by atoms with Crippen LogP contribution < -0.4 is 14.4 Å². The van der Waals surface area contributed by atoms with Gasteiger partial charge in [0.05, 0.1) is 17.7 Å². The average Bonchev–Trinajstić information content (AvgIpc) is 2.96. The number of methoxy groups -OCH3 is 1. The number of nitrogens with zero attached hydrogens (tertiary/aromatic N) is 2. The van der Waals surface area contributed by atoms with E-state index in [9.17, 15) is 18.0 Å². The van der Waals surface area contributed by atoms with Crippen LogP contribution >= 0.6 is 0 Å². The topological polar surface area (TPSA) is 96.0 Å². The van der Waals surface area contributed by atoms with Gasteiger partial charge in [0.2, 0.25) is 11.8 Å². The van der Waals surface area contributed by atoms with Crippen LogP contribution in [0.25, 0.3) is 0 Å². The van der Waals surface area contributed by atoms with Crippen molar-refractivity contribution in [2.45, 2.75) is 64.1 Å². The number of anilines is 1. The summed E-state index contributed by atoms with van der Waals surface area (Å²) in [7, 11) is -2.63. The van der Waals surface area contributed by atoms with E-state index in [2.05, 4.69) is 5.32 Å². The first-order valence-corrected chi connectivity index (χ1v) is 14.9. The molecule has 0 saturated carbocycles.